The van der Waals surface area contributed by atoms with Gasteiger partial charge in [-0.2, -0.15) is 5.10 Å². The number of benzene rings is 2. The van der Waals surface area contributed by atoms with E-state index in [9.17, 15) is 4.79 Å². The predicted octanol–water partition coefficient (Wildman–Crippen LogP) is 2.50. The molecule has 4 rings (SSSR count). The number of fused-ring (bicyclic) bond motifs is 1. The Labute approximate surface area is 134 Å². The fraction of sp³-hybridized carbons (Fsp3) is 0.222. The van der Waals surface area contributed by atoms with Crippen LogP contribution in [0.4, 0.5) is 5.69 Å². The first-order valence-corrected chi connectivity index (χ1v) is 7.81. The molecule has 1 fully saturated rings. The lowest BCUT2D eigenvalue weighted by molar-refractivity contribution is -0.119. The average Bonchev–Trinajstić information content (AvgIpc) is 3.24. The molecule has 5 nitrogen and oxygen atoms in total. The van der Waals surface area contributed by atoms with Crippen molar-refractivity contribution >= 4 is 22.5 Å². The van der Waals surface area contributed by atoms with E-state index in [1.165, 1.54) is 5.56 Å². The summed E-state index contributed by atoms with van der Waals surface area (Å²) < 4.78 is 0. The average molecular weight is 306 g/mol. The summed E-state index contributed by atoms with van der Waals surface area (Å²) in [5.74, 6) is 0.220. The van der Waals surface area contributed by atoms with Crippen molar-refractivity contribution in [2.45, 2.75) is 5.92 Å². The van der Waals surface area contributed by atoms with E-state index in [0.717, 1.165) is 23.1 Å². The number of aromatic nitrogens is 2. The lowest BCUT2D eigenvalue weighted by atomic mass is 9.88. The van der Waals surface area contributed by atoms with Gasteiger partial charge in [0.1, 0.15) is 0 Å². The largest absolute Gasteiger partial charge is 0.326 e. The van der Waals surface area contributed by atoms with Gasteiger partial charge in [0.2, 0.25) is 5.91 Å². The van der Waals surface area contributed by atoms with Gasteiger partial charge in [0.15, 0.2) is 0 Å². The second kappa shape index (κ2) is 5.85. The highest BCUT2D eigenvalue weighted by molar-refractivity contribution is 5.95. The third-order valence-electron chi connectivity index (χ3n) is 4.49. The summed E-state index contributed by atoms with van der Waals surface area (Å²) >= 11 is 0. The van der Waals surface area contributed by atoms with Gasteiger partial charge in [0.25, 0.3) is 0 Å². The summed E-state index contributed by atoms with van der Waals surface area (Å²) in [5, 5.41) is 14.3. The van der Waals surface area contributed by atoms with Crippen molar-refractivity contribution in [1.29, 1.82) is 0 Å². The Morgan fingerprint density at radius 3 is 2.87 bits per heavy atom. The minimum Gasteiger partial charge on any atom is -0.326 e. The third kappa shape index (κ3) is 2.71. The number of aromatic amines is 1. The first kappa shape index (κ1) is 14.0. The molecule has 0 radical (unpaired) electrons. The number of carbonyl (C=O) groups is 1. The summed E-state index contributed by atoms with van der Waals surface area (Å²) in [5.41, 5.74) is 2.98. The smallest absolute Gasteiger partial charge is 0.229 e. The number of rotatable bonds is 3. The van der Waals surface area contributed by atoms with Gasteiger partial charge in [-0.25, -0.2) is 0 Å². The predicted molar refractivity (Wildman–Crippen MR) is 90.3 cm³/mol. The van der Waals surface area contributed by atoms with E-state index >= 15 is 0 Å². The van der Waals surface area contributed by atoms with Crippen LogP contribution in [-0.4, -0.2) is 29.2 Å². The Balaban J connectivity index is 1.53. The van der Waals surface area contributed by atoms with Gasteiger partial charge in [0.05, 0.1) is 17.6 Å². The minimum absolute atomic E-state index is 0.0579. The van der Waals surface area contributed by atoms with E-state index in [0.29, 0.717) is 6.54 Å². The molecule has 23 heavy (non-hydrogen) atoms. The van der Waals surface area contributed by atoms with Gasteiger partial charge in [-0.15, -0.1) is 0 Å². The Hall–Kier alpha value is -2.66. The highest BCUT2D eigenvalue weighted by atomic mass is 16.1. The number of hydrogen-bond acceptors (Lipinski definition) is 3. The van der Waals surface area contributed by atoms with E-state index in [4.69, 9.17) is 0 Å². The van der Waals surface area contributed by atoms with E-state index < -0.39 is 0 Å². The number of carbonyl (C=O) groups excluding carboxylic acids is 1. The first-order chi connectivity index (χ1) is 11.3. The van der Waals surface area contributed by atoms with Crippen LogP contribution in [0.25, 0.3) is 10.9 Å². The Bertz CT molecular complexity index is 827. The number of nitrogens with zero attached hydrogens (tertiary/aromatic N) is 1. The number of H-pyrrole nitrogens is 1. The lowest BCUT2D eigenvalue weighted by Crippen LogP contribution is -2.28. The van der Waals surface area contributed by atoms with Gasteiger partial charge < -0.3 is 10.6 Å². The van der Waals surface area contributed by atoms with Crippen LogP contribution in [-0.2, 0) is 4.79 Å². The normalized spacial score (nSPS) is 20.7. The quantitative estimate of drug-likeness (QED) is 0.696. The molecular formula is C18H18N4O. The molecule has 1 aromatic heterocycles. The van der Waals surface area contributed by atoms with Crippen molar-refractivity contribution in [3.8, 4) is 0 Å². The molecule has 1 aliphatic heterocycles. The van der Waals surface area contributed by atoms with E-state index in [2.05, 4.69) is 33.0 Å². The van der Waals surface area contributed by atoms with Crippen LogP contribution in [0.5, 0.6) is 0 Å². The number of nitrogens with one attached hydrogen (secondary N) is 3. The standard InChI is InChI=1S/C18H18N4O/c23-18(21-14-6-7-17-13(8-14)9-20-22-17)16-11-19-10-15(16)12-4-2-1-3-5-12/h1-9,15-16,19H,10-11H2,(H,20,22)(H,21,23). The molecule has 2 atom stereocenters. The highest BCUT2D eigenvalue weighted by Crippen LogP contribution is 2.29. The third-order valence-corrected chi connectivity index (χ3v) is 4.49. The van der Waals surface area contributed by atoms with Crippen molar-refractivity contribution in [1.82, 2.24) is 15.5 Å². The molecule has 1 aliphatic rings. The molecule has 1 saturated heterocycles. The number of hydrogen-bond donors (Lipinski definition) is 3. The topological polar surface area (TPSA) is 69.8 Å². The zero-order valence-corrected chi connectivity index (χ0v) is 12.6. The van der Waals surface area contributed by atoms with E-state index in [1.54, 1.807) is 6.20 Å². The van der Waals surface area contributed by atoms with Crippen LogP contribution in [0, 0.1) is 5.92 Å². The van der Waals surface area contributed by atoms with Crippen LogP contribution >= 0.6 is 0 Å². The Morgan fingerprint density at radius 2 is 2.00 bits per heavy atom. The molecular weight excluding hydrogens is 288 g/mol. The van der Waals surface area contributed by atoms with Crippen molar-refractivity contribution in [3.63, 3.8) is 0 Å². The van der Waals surface area contributed by atoms with Gasteiger partial charge in [-0.05, 0) is 23.8 Å². The maximum absolute atomic E-state index is 12.7. The summed E-state index contributed by atoms with van der Waals surface area (Å²) in [6.07, 6.45) is 1.76. The molecule has 116 valence electrons. The van der Waals surface area contributed by atoms with Crippen LogP contribution in [0.3, 0.4) is 0 Å². The monoisotopic (exact) mass is 306 g/mol. The maximum atomic E-state index is 12.7. The lowest BCUT2D eigenvalue weighted by Gasteiger charge is -2.18. The molecule has 0 bridgehead atoms. The summed E-state index contributed by atoms with van der Waals surface area (Å²) in [7, 11) is 0. The van der Waals surface area contributed by atoms with Gasteiger partial charge in [-0.3, -0.25) is 9.89 Å². The molecule has 3 aromatic rings. The Kier molecular flexibility index (Phi) is 3.55. The minimum atomic E-state index is -0.0579. The molecule has 0 spiro atoms. The van der Waals surface area contributed by atoms with E-state index in [1.807, 2.05) is 36.4 Å². The van der Waals surface area contributed by atoms with Crippen molar-refractivity contribution in [2.75, 3.05) is 18.4 Å². The summed E-state index contributed by atoms with van der Waals surface area (Å²) in [6.45, 7) is 1.54. The molecule has 5 heteroatoms. The van der Waals surface area contributed by atoms with E-state index in [-0.39, 0.29) is 17.7 Å². The molecule has 0 aliphatic carbocycles. The Morgan fingerprint density at radius 1 is 1.13 bits per heavy atom. The first-order valence-electron chi connectivity index (χ1n) is 7.81. The fourth-order valence-corrected chi connectivity index (χ4v) is 3.26. The zero-order valence-electron chi connectivity index (χ0n) is 12.6. The zero-order chi connectivity index (χ0) is 15.6. The molecule has 0 saturated carbocycles. The second-order valence-electron chi connectivity index (χ2n) is 5.94. The van der Waals surface area contributed by atoms with Crippen molar-refractivity contribution in [3.05, 3.63) is 60.3 Å². The maximum Gasteiger partial charge on any atom is 0.229 e. The van der Waals surface area contributed by atoms with Gasteiger partial charge in [0, 0.05) is 30.1 Å². The summed E-state index contributed by atoms with van der Waals surface area (Å²) in [6, 6.07) is 16.0. The van der Waals surface area contributed by atoms with Crippen LogP contribution in [0.1, 0.15) is 11.5 Å². The number of amides is 1. The summed E-state index contributed by atoms with van der Waals surface area (Å²) in [4.78, 5) is 12.7. The van der Waals surface area contributed by atoms with Crippen molar-refractivity contribution < 1.29 is 4.79 Å². The second-order valence-corrected chi connectivity index (χ2v) is 5.94. The molecule has 1 amide bonds. The van der Waals surface area contributed by atoms with Crippen LogP contribution in [0.15, 0.2) is 54.7 Å². The SMILES string of the molecule is O=C(Nc1ccc2[nH]ncc2c1)C1CNCC1c1ccccc1. The molecule has 3 N–H and O–H groups in total. The van der Waals surface area contributed by atoms with Gasteiger partial charge in [-0.1, -0.05) is 30.3 Å². The highest BCUT2D eigenvalue weighted by Gasteiger charge is 2.33. The van der Waals surface area contributed by atoms with Crippen LogP contribution in [0.2, 0.25) is 0 Å². The fourth-order valence-electron chi connectivity index (χ4n) is 3.26. The molecule has 2 heterocycles. The number of anilines is 1. The molecule has 2 aromatic carbocycles. The van der Waals surface area contributed by atoms with Crippen molar-refractivity contribution in [2.24, 2.45) is 5.92 Å². The molecule has 2 unspecified atom stereocenters. The van der Waals surface area contributed by atoms with Crippen LogP contribution < -0.4 is 10.6 Å². The van der Waals surface area contributed by atoms with Gasteiger partial charge >= 0.3 is 0 Å².